The molecule has 0 unspecified atom stereocenters. The summed E-state index contributed by atoms with van der Waals surface area (Å²) in [6.07, 6.45) is 0. The number of nitrogens with one attached hydrogen (secondary N) is 2. The molecule has 1 amide bonds. The van der Waals surface area contributed by atoms with Gasteiger partial charge >= 0.3 is 0 Å². The van der Waals surface area contributed by atoms with Crippen molar-refractivity contribution in [2.45, 2.75) is 57.4 Å². The topological polar surface area (TPSA) is 75.3 Å². The van der Waals surface area contributed by atoms with Crippen LogP contribution >= 0.6 is 0 Å². The van der Waals surface area contributed by atoms with Crippen LogP contribution in [0.1, 0.15) is 47.1 Å². The minimum atomic E-state index is -3.68. The summed E-state index contributed by atoms with van der Waals surface area (Å²) >= 11 is 0. The summed E-state index contributed by atoms with van der Waals surface area (Å²) in [4.78, 5) is 11.8. The number of carbonyl (C=O) groups is 1. The fourth-order valence-corrected chi connectivity index (χ4v) is 2.82. The molecule has 0 spiro atoms. The zero-order valence-corrected chi connectivity index (χ0v) is 15.0. The molecule has 0 saturated carbocycles. The van der Waals surface area contributed by atoms with Crippen molar-refractivity contribution in [3.8, 4) is 0 Å². The third-order valence-electron chi connectivity index (χ3n) is 2.97. The SMILES string of the molecule is CC(C)(C)NC(=O)CNS(=O)(=O)c1ccc(C(C)(C)C)cc1. The average molecular weight is 326 g/mol. The molecule has 22 heavy (non-hydrogen) atoms. The highest BCUT2D eigenvalue weighted by Crippen LogP contribution is 2.23. The largest absolute Gasteiger partial charge is 0.350 e. The smallest absolute Gasteiger partial charge is 0.241 e. The van der Waals surface area contributed by atoms with Crippen LogP contribution in [0.5, 0.6) is 0 Å². The first-order valence-corrected chi connectivity index (χ1v) is 8.71. The molecular formula is C16H26N2O3S. The number of hydrogen-bond acceptors (Lipinski definition) is 3. The highest BCUT2D eigenvalue weighted by Gasteiger charge is 2.19. The maximum atomic E-state index is 12.2. The summed E-state index contributed by atoms with van der Waals surface area (Å²) < 4.78 is 26.7. The van der Waals surface area contributed by atoms with Crippen molar-refractivity contribution in [1.82, 2.24) is 10.0 Å². The van der Waals surface area contributed by atoms with Crippen LogP contribution in [0.25, 0.3) is 0 Å². The molecule has 5 nitrogen and oxygen atoms in total. The van der Waals surface area contributed by atoms with Gasteiger partial charge in [0.1, 0.15) is 0 Å². The summed E-state index contributed by atoms with van der Waals surface area (Å²) in [6.45, 7) is 11.4. The molecular weight excluding hydrogens is 300 g/mol. The van der Waals surface area contributed by atoms with Crippen molar-refractivity contribution >= 4 is 15.9 Å². The van der Waals surface area contributed by atoms with Crippen molar-refractivity contribution in [3.05, 3.63) is 29.8 Å². The third kappa shape index (κ3) is 5.77. The second-order valence-corrected chi connectivity index (χ2v) is 9.16. The van der Waals surface area contributed by atoms with E-state index in [0.29, 0.717) is 0 Å². The van der Waals surface area contributed by atoms with E-state index in [9.17, 15) is 13.2 Å². The van der Waals surface area contributed by atoms with Gasteiger partial charge in [0.15, 0.2) is 0 Å². The highest BCUT2D eigenvalue weighted by molar-refractivity contribution is 7.89. The highest BCUT2D eigenvalue weighted by atomic mass is 32.2. The van der Waals surface area contributed by atoms with Crippen LogP contribution in [-0.4, -0.2) is 26.4 Å². The fraction of sp³-hybridized carbons (Fsp3) is 0.562. The van der Waals surface area contributed by atoms with Crippen molar-refractivity contribution in [3.63, 3.8) is 0 Å². The van der Waals surface area contributed by atoms with Crippen LogP contribution in [0.2, 0.25) is 0 Å². The first kappa shape index (κ1) is 18.6. The fourth-order valence-electron chi connectivity index (χ4n) is 1.84. The Bertz CT molecular complexity index is 621. The van der Waals surface area contributed by atoms with E-state index in [1.165, 1.54) is 0 Å². The van der Waals surface area contributed by atoms with Crippen LogP contribution in [0, 0.1) is 0 Å². The van der Waals surface area contributed by atoms with Crippen molar-refractivity contribution < 1.29 is 13.2 Å². The minimum Gasteiger partial charge on any atom is -0.350 e. The van der Waals surface area contributed by atoms with Gasteiger partial charge in [0.25, 0.3) is 0 Å². The summed E-state index contributed by atoms with van der Waals surface area (Å²) in [5.74, 6) is -0.359. The zero-order chi connectivity index (χ0) is 17.2. The lowest BCUT2D eigenvalue weighted by Gasteiger charge is -2.21. The standard InChI is InChI=1S/C16H26N2O3S/c1-15(2,3)12-7-9-13(10-8-12)22(20,21)17-11-14(19)18-16(4,5)6/h7-10,17H,11H2,1-6H3,(H,18,19). The summed E-state index contributed by atoms with van der Waals surface area (Å²) in [5, 5.41) is 2.71. The average Bonchev–Trinajstić information content (AvgIpc) is 2.34. The molecule has 0 heterocycles. The summed E-state index contributed by atoms with van der Waals surface area (Å²) in [6, 6.07) is 6.71. The van der Waals surface area contributed by atoms with E-state index in [1.54, 1.807) is 24.3 Å². The number of amides is 1. The first-order chi connectivity index (χ1) is 9.81. The quantitative estimate of drug-likeness (QED) is 0.890. The Morgan fingerprint density at radius 1 is 1.00 bits per heavy atom. The van der Waals surface area contributed by atoms with Gasteiger partial charge in [-0.15, -0.1) is 0 Å². The van der Waals surface area contributed by atoms with Gasteiger partial charge in [0, 0.05) is 5.54 Å². The molecule has 124 valence electrons. The molecule has 0 fully saturated rings. The minimum absolute atomic E-state index is 0.0394. The monoisotopic (exact) mass is 326 g/mol. The predicted molar refractivity (Wildman–Crippen MR) is 88.2 cm³/mol. The molecule has 0 radical (unpaired) electrons. The Morgan fingerprint density at radius 3 is 1.91 bits per heavy atom. The van der Waals surface area contributed by atoms with E-state index in [-0.39, 0.29) is 22.8 Å². The lowest BCUT2D eigenvalue weighted by molar-refractivity contribution is -0.121. The van der Waals surface area contributed by atoms with Crippen molar-refractivity contribution in [2.75, 3.05) is 6.54 Å². The van der Waals surface area contributed by atoms with Crippen molar-refractivity contribution in [2.24, 2.45) is 0 Å². The summed E-state index contributed by atoms with van der Waals surface area (Å²) in [5.41, 5.74) is 0.621. The number of rotatable bonds is 4. The van der Waals surface area contributed by atoms with Gasteiger partial charge < -0.3 is 5.32 Å². The molecule has 0 aliphatic rings. The van der Waals surface area contributed by atoms with Crippen molar-refractivity contribution in [1.29, 1.82) is 0 Å². The molecule has 1 aromatic rings. The van der Waals surface area contributed by atoms with Gasteiger partial charge in [-0.25, -0.2) is 13.1 Å². The van der Waals surface area contributed by atoms with Crippen LogP contribution in [0.3, 0.4) is 0 Å². The predicted octanol–water partition coefficient (Wildman–Crippen LogP) is 2.18. The molecule has 0 aliphatic carbocycles. The molecule has 1 rings (SSSR count). The molecule has 0 aromatic heterocycles. The molecule has 2 N–H and O–H groups in total. The molecule has 1 aromatic carbocycles. The Morgan fingerprint density at radius 2 is 1.50 bits per heavy atom. The number of sulfonamides is 1. The van der Waals surface area contributed by atoms with Crippen LogP contribution in [0.15, 0.2) is 29.2 Å². The maximum absolute atomic E-state index is 12.2. The Kier molecular flexibility index (Phi) is 5.41. The zero-order valence-electron chi connectivity index (χ0n) is 14.1. The number of hydrogen-bond donors (Lipinski definition) is 2. The molecule has 0 saturated heterocycles. The van der Waals surface area contributed by atoms with Crippen LogP contribution in [0.4, 0.5) is 0 Å². The molecule has 0 aliphatic heterocycles. The Balaban J connectivity index is 2.77. The normalized spacial score (nSPS) is 13.0. The van der Waals surface area contributed by atoms with E-state index in [2.05, 4.69) is 30.8 Å². The maximum Gasteiger partial charge on any atom is 0.241 e. The molecule has 0 atom stereocenters. The Hall–Kier alpha value is -1.40. The van der Waals surface area contributed by atoms with E-state index in [1.807, 2.05) is 20.8 Å². The van der Waals surface area contributed by atoms with E-state index < -0.39 is 15.6 Å². The van der Waals surface area contributed by atoms with E-state index >= 15 is 0 Å². The number of benzene rings is 1. The van der Waals surface area contributed by atoms with Gasteiger partial charge in [0.2, 0.25) is 15.9 Å². The lowest BCUT2D eigenvalue weighted by Crippen LogP contribution is -2.45. The van der Waals surface area contributed by atoms with Crippen LogP contribution in [-0.2, 0) is 20.2 Å². The van der Waals surface area contributed by atoms with Gasteiger partial charge in [-0.3, -0.25) is 4.79 Å². The van der Waals surface area contributed by atoms with Gasteiger partial charge in [-0.1, -0.05) is 32.9 Å². The van der Waals surface area contributed by atoms with E-state index in [0.717, 1.165) is 5.56 Å². The first-order valence-electron chi connectivity index (χ1n) is 7.22. The number of carbonyl (C=O) groups excluding carboxylic acids is 1. The van der Waals surface area contributed by atoms with E-state index in [4.69, 9.17) is 0 Å². The van der Waals surface area contributed by atoms with Crippen LogP contribution < -0.4 is 10.0 Å². The molecule has 0 bridgehead atoms. The van der Waals surface area contributed by atoms with Gasteiger partial charge in [-0.2, -0.15) is 0 Å². The molecule has 6 heteroatoms. The summed E-state index contributed by atoms with van der Waals surface area (Å²) in [7, 11) is -3.68. The lowest BCUT2D eigenvalue weighted by atomic mass is 9.87. The van der Waals surface area contributed by atoms with Gasteiger partial charge in [0.05, 0.1) is 11.4 Å². The van der Waals surface area contributed by atoms with Gasteiger partial charge in [-0.05, 0) is 43.9 Å². The second kappa shape index (κ2) is 6.38. The second-order valence-electron chi connectivity index (χ2n) is 7.40. The Labute approximate surface area is 133 Å². The third-order valence-corrected chi connectivity index (χ3v) is 4.38.